The van der Waals surface area contributed by atoms with Crippen molar-refractivity contribution in [2.45, 2.75) is 37.4 Å². The number of thiophene rings is 1. The van der Waals surface area contributed by atoms with Crippen LogP contribution in [-0.4, -0.2) is 26.1 Å². The van der Waals surface area contributed by atoms with Crippen LogP contribution in [-0.2, 0) is 24.2 Å². The number of benzene rings is 1. The highest BCUT2D eigenvalue weighted by atomic mass is 32.2. The maximum absolute atomic E-state index is 13.5. The Labute approximate surface area is 190 Å². The van der Waals surface area contributed by atoms with Crippen LogP contribution < -0.4 is 10.9 Å². The molecule has 0 atom stereocenters. The molecule has 1 N–H and O–H groups in total. The van der Waals surface area contributed by atoms with E-state index in [-0.39, 0.29) is 23.5 Å². The fraction of sp³-hybridized carbons (Fsp3) is 0.286. The lowest BCUT2D eigenvalue weighted by molar-refractivity contribution is -0.387. The number of aryl methyl sites for hydroxylation is 2. The van der Waals surface area contributed by atoms with Gasteiger partial charge in [-0.2, -0.15) is 4.39 Å². The third-order valence-corrected chi connectivity index (χ3v) is 7.27. The molecule has 1 aliphatic rings. The zero-order chi connectivity index (χ0) is 22.8. The highest BCUT2D eigenvalue weighted by molar-refractivity contribution is 7.99. The second-order valence-electron chi connectivity index (χ2n) is 7.25. The van der Waals surface area contributed by atoms with Crippen molar-refractivity contribution in [3.63, 3.8) is 0 Å². The molecule has 0 saturated carbocycles. The quantitative estimate of drug-likeness (QED) is 0.180. The van der Waals surface area contributed by atoms with Gasteiger partial charge in [-0.3, -0.25) is 24.3 Å². The third-order valence-electron chi connectivity index (χ3n) is 5.11. The van der Waals surface area contributed by atoms with Crippen LogP contribution in [0.5, 0.6) is 0 Å². The normalized spacial score (nSPS) is 13.0. The molecule has 0 fully saturated rings. The Bertz CT molecular complexity index is 1300. The van der Waals surface area contributed by atoms with Gasteiger partial charge in [0.05, 0.1) is 16.1 Å². The standard InChI is InChI=1S/C21H19FN4O4S2/c1-2-9-25-20(28)18-13-5-3-4-6-16(13)32-19(18)24-21(25)31-11-17(27)23-12-7-8-14(22)15(10-12)26(29)30/h2,7-8,10H,1,3-6,9,11H2,(H,23,27). The van der Waals surface area contributed by atoms with Crippen LogP contribution in [0.2, 0.25) is 0 Å². The number of carbonyl (C=O) groups is 1. The number of nitrogens with zero attached hydrogens (tertiary/aromatic N) is 3. The molecule has 0 bridgehead atoms. The minimum Gasteiger partial charge on any atom is -0.325 e. The molecular formula is C21H19FN4O4S2. The van der Waals surface area contributed by atoms with E-state index in [1.807, 2.05) is 0 Å². The van der Waals surface area contributed by atoms with Crippen LogP contribution in [0.15, 0.2) is 40.8 Å². The second-order valence-corrected chi connectivity index (χ2v) is 9.28. The second kappa shape index (κ2) is 9.21. The number of aromatic nitrogens is 2. The number of carbonyl (C=O) groups excluding carboxylic acids is 1. The summed E-state index contributed by atoms with van der Waals surface area (Å²) in [7, 11) is 0. The van der Waals surface area contributed by atoms with Crippen LogP contribution in [0, 0.1) is 15.9 Å². The van der Waals surface area contributed by atoms with Crippen molar-refractivity contribution in [2.75, 3.05) is 11.1 Å². The minimum atomic E-state index is -0.980. The van der Waals surface area contributed by atoms with Gasteiger partial charge in [-0.05, 0) is 43.4 Å². The Morgan fingerprint density at radius 1 is 1.41 bits per heavy atom. The van der Waals surface area contributed by atoms with Crippen molar-refractivity contribution < 1.29 is 14.1 Å². The number of allylic oxidation sites excluding steroid dienone is 1. The van der Waals surface area contributed by atoms with E-state index in [4.69, 9.17) is 0 Å². The molecule has 3 aromatic rings. The first-order chi connectivity index (χ1) is 15.4. The number of amides is 1. The Morgan fingerprint density at radius 3 is 2.94 bits per heavy atom. The third kappa shape index (κ3) is 4.30. The van der Waals surface area contributed by atoms with Gasteiger partial charge >= 0.3 is 5.69 Å². The topological polar surface area (TPSA) is 107 Å². The van der Waals surface area contributed by atoms with E-state index in [1.54, 1.807) is 6.08 Å². The first kappa shape index (κ1) is 22.2. The molecule has 2 aromatic heterocycles. The largest absolute Gasteiger partial charge is 0.325 e. The Morgan fingerprint density at radius 2 is 2.19 bits per heavy atom. The number of anilines is 1. The maximum atomic E-state index is 13.5. The van der Waals surface area contributed by atoms with E-state index < -0.39 is 22.3 Å². The molecule has 1 amide bonds. The van der Waals surface area contributed by atoms with E-state index in [0.717, 1.165) is 55.1 Å². The molecule has 2 heterocycles. The number of hydrogen-bond acceptors (Lipinski definition) is 7. The SMILES string of the molecule is C=CCn1c(SCC(=O)Nc2ccc(F)c([N+](=O)[O-])c2)nc2sc3c(c2c1=O)CCCC3. The molecule has 0 unspecified atom stereocenters. The summed E-state index contributed by atoms with van der Waals surface area (Å²) in [5.74, 6) is -1.52. The van der Waals surface area contributed by atoms with E-state index >= 15 is 0 Å². The fourth-order valence-electron chi connectivity index (χ4n) is 3.68. The molecule has 0 spiro atoms. The van der Waals surface area contributed by atoms with Crippen molar-refractivity contribution in [3.8, 4) is 0 Å². The molecule has 166 valence electrons. The summed E-state index contributed by atoms with van der Waals surface area (Å²) in [6, 6.07) is 3.14. The summed E-state index contributed by atoms with van der Waals surface area (Å²) in [5.41, 5.74) is 0.357. The van der Waals surface area contributed by atoms with Gasteiger partial charge in [-0.1, -0.05) is 17.8 Å². The van der Waals surface area contributed by atoms with E-state index in [0.29, 0.717) is 15.4 Å². The molecule has 0 aliphatic heterocycles. The summed E-state index contributed by atoms with van der Waals surface area (Å²) in [5, 5.41) is 14.5. The van der Waals surface area contributed by atoms with Crippen LogP contribution in [0.1, 0.15) is 23.3 Å². The monoisotopic (exact) mass is 474 g/mol. The molecule has 32 heavy (non-hydrogen) atoms. The van der Waals surface area contributed by atoms with E-state index in [9.17, 15) is 24.1 Å². The van der Waals surface area contributed by atoms with Gasteiger partial charge < -0.3 is 5.32 Å². The molecule has 0 saturated heterocycles. The number of hydrogen-bond donors (Lipinski definition) is 1. The van der Waals surface area contributed by atoms with Crippen LogP contribution >= 0.6 is 23.1 Å². The van der Waals surface area contributed by atoms with Crippen molar-refractivity contribution in [1.82, 2.24) is 9.55 Å². The van der Waals surface area contributed by atoms with Gasteiger partial charge in [-0.25, -0.2) is 4.98 Å². The number of halogens is 1. The lowest BCUT2D eigenvalue weighted by Gasteiger charge is -2.12. The number of nitro benzene ring substituents is 1. The summed E-state index contributed by atoms with van der Waals surface area (Å²) in [6.07, 6.45) is 5.59. The lowest BCUT2D eigenvalue weighted by atomic mass is 9.97. The fourth-order valence-corrected chi connectivity index (χ4v) is 5.79. The van der Waals surface area contributed by atoms with Gasteiger partial charge in [0.25, 0.3) is 5.56 Å². The smallest absolute Gasteiger partial charge is 0.306 e. The summed E-state index contributed by atoms with van der Waals surface area (Å²) < 4.78 is 15.0. The molecule has 1 aromatic carbocycles. The van der Waals surface area contributed by atoms with Crippen molar-refractivity contribution >= 4 is 50.6 Å². The van der Waals surface area contributed by atoms with Crippen molar-refractivity contribution in [1.29, 1.82) is 0 Å². The maximum Gasteiger partial charge on any atom is 0.306 e. The summed E-state index contributed by atoms with van der Waals surface area (Å²) in [4.78, 5) is 42.2. The Balaban J connectivity index is 1.57. The predicted molar refractivity (Wildman–Crippen MR) is 123 cm³/mol. The van der Waals surface area contributed by atoms with Gasteiger partial charge in [0.1, 0.15) is 4.83 Å². The number of nitro groups is 1. The summed E-state index contributed by atoms with van der Waals surface area (Å²) in [6.45, 7) is 3.98. The zero-order valence-corrected chi connectivity index (χ0v) is 18.6. The lowest BCUT2D eigenvalue weighted by Crippen LogP contribution is -2.24. The molecule has 1 aliphatic carbocycles. The molecular weight excluding hydrogens is 455 g/mol. The predicted octanol–water partition coefficient (Wildman–Crippen LogP) is 4.30. The van der Waals surface area contributed by atoms with E-state index in [2.05, 4.69) is 16.9 Å². The molecule has 11 heteroatoms. The number of fused-ring (bicyclic) bond motifs is 3. The van der Waals surface area contributed by atoms with Crippen LogP contribution in [0.4, 0.5) is 15.8 Å². The van der Waals surface area contributed by atoms with E-state index in [1.165, 1.54) is 26.8 Å². The summed E-state index contributed by atoms with van der Waals surface area (Å²) >= 11 is 2.63. The Hall–Kier alpha value is -3.05. The average Bonchev–Trinajstić information content (AvgIpc) is 3.14. The average molecular weight is 475 g/mol. The number of thioether (sulfide) groups is 1. The zero-order valence-electron chi connectivity index (χ0n) is 16.9. The van der Waals surface area contributed by atoms with Gasteiger partial charge in [0.15, 0.2) is 5.16 Å². The first-order valence-electron chi connectivity index (χ1n) is 9.91. The number of nitrogens with one attached hydrogen (secondary N) is 1. The Kier molecular flexibility index (Phi) is 6.38. The molecule has 4 rings (SSSR count). The van der Waals surface area contributed by atoms with Crippen LogP contribution in [0.3, 0.4) is 0 Å². The van der Waals surface area contributed by atoms with Gasteiger partial charge in [-0.15, -0.1) is 17.9 Å². The molecule has 0 radical (unpaired) electrons. The highest BCUT2D eigenvalue weighted by Crippen LogP contribution is 2.34. The van der Waals surface area contributed by atoms with Crippen LogP contribution in [0.25, 0.3) is 10.2 Å². The molecule has 8 nitrogen and oxygen atoms in total. The van der Waals surface area contributed by atoms with Gasteiger partial charge in [0, 0.05) is 23.2 Å². The van der Waals surface area contributed by atoms with Crippen molar-refractivity contribution in [2.24, 2.45) is 0 Å². The number of rotatable bonds is 7. The first-order valence-corrected chi connectivity index (χ1v) is 11.7. The minimum absolute atomic E-state index is 0.0780. The highest BCUT2D eigenvalue weighted by Gasteiger charge is 2.22. The van der Waals surface area contributed by atoms with Crippen molar-refractivity contribution in [3.05, 3.63) is 67.6 Å². The van der Waals surface area contributed by atoms with Gasteiger partial charge in [0.2, 0.25) is 11.7 Å².